The lowest BCUT2D eigenvalue weighted by Gasteiger charge is -2.09. The third-order valence-electron chi connectivity index (χ3n) is 3.70. The molecule has 0 unspecified atom stereocenters. The van der Waals surface area contributed by atoms with E-state index in [1.54, 1.807) is 24.3 Å². The zero-order chi connectivity index (χ0) is 18.9. The molecule has 0 atom stereocenters. The number of halogens is 2. The summed E-state index contributed by atoms with van der Waals surface area (Å²) in [5.74, 6) is -0.803. The van der Waals surface area contributed by atoms with Gasteiger partial charge in [-0.25, -0.2) is 8.42 Å². The second kappa shape index (κ2) is 7.11. The van der Waals surface area contributed by atoms with E-state index in [9.17, 15) is 18.3 Å². The van der Waals surface area contributed by atoms with Crippen LogP contribution in [-0.4, -0.2) is 24.4 Å². The Labute approximate surface area is 158 Å². The first kappa shape index (κ1) is 18.4. The fourth-order valence-electron chi connectivity index (χ4n) is 2.36. The van der Waals surface area contributed by atoms with E-state index in [0.29, 0.717) is 5.02 Å². The topological polar surface area (TPSA) is 96.4 Å². The lowest BCUT2D eigenvalue weighted by molar-refractivity contribution is 0.0948. The summed E-state index contributed by atoms with van der Waals surface area (Å²) >= 11 is 5.81. The van der Waals surface area contributed by atoms with E-state index in [2.05, 4.69) is 10.3 Å². The fraction of sp³-hybridized carbons (Fsp3) is 0.0588. The van der Waals surface area contributed by atoms with Crippen molar-refractivity contribution < 1.29 is 18.3 Å². The van der Waals surface area contributed by atoms with E-state index in [1.807, 2.05) is 0 Å². The summed E-state index contributed by atoms with van der Waals surface area (Å²) in [5.41, 5.74) is 1.03. The zero-order valence-electron chi connectivity index (χ0n) is 13.1. The van der Waals surface area contributed by atoms with Gasteiger partial charge in [-0.3, -0.25) is 9.78 Å². The smallest absolute Gasteiger partial charge is 0.261 e. The third kappa shape index (κ3) is 3.90. The SMILES string of the molecule is O=C(NCc1ccc(Cl)cc1)c1cnc2cc(S(=O)(=O)Cl)ccc2c1O. The van der Waals surface area contributed by atoms with Crippen LogP contribution in [0.3, 0.4) is 0 Å². The number of fused-ring (bicyclic) bond motifs is 1. The number of benzene rings is 2. The number of carbonyl (C=O) groups excluding carboxylic acids is 1. The second-order valence-electron chi connectivity index (χ2n) is 5.45. The first-order valence-electron chi connectivity index (χ1n) is 7.35. The molecule has 6 nitrogen and oxygen atoms in total. The van der Waals surface area contributed by atoms with Crippen LogP contribution in [0, 0.1) is 0 Å². The Balaban J connectivity index is 1.86. The monoisotopic (exact) mass is 410 g/mol. The van der Waals surface area contributed by atoms with Crippen LogP contribution < -0.4 is 5.32 Å². The molecule has 0 saturated carbocycles. The van der Waals surface area contributed by atoms with Crippen molar-refractivity contribution in [2.75, 3.05) is 0 Å². The molecule has 3 aromatic rings. The van der Waals surface area contributed by atoms with Crippen LogP contribution in [0.15, 0.2) is 53.6 Å². The number of nitrogens with one attached hydrogen (secondary N) is 1. The molecular weight excluding hydrogens is 399 g/mol. The molecule has 0 bridgehead atoms. The van der Waals surface area contributed by atoms with Crippen molar-refractivity contribution in [3.05, 3.63) is 64.8 Å². The van der Waals surface area contributed by atoms with Crippen molar-refractivity contribution >= 4 is 48.1 Å². The molecule has 9 heteroatoms. The summed E-state index contributed by atoms with van der Waals surface area (Å²) in [7, 11) is 1.39. The van der Waals surface area contributed by atoms with E-state index in [0.717, 1.165) is 5.56 Å². The Morgan fingerprint density at radius 1 is 1.15 bits per heavy atom. The van der Waals surface area contributed by atoms with Gasteiger partial charge >= 0.3 is 0 Å². The summed E-state index contributed by atoms with van der Waals surface area (Å²) in [5, 5.41) is 13.9. The average molecular weight is 411 g/mol. The van der Waals surface area contributed by atoms with Crippen molar-refractivity contribution in [1.29, 1.82) is 0 Å². The summed E-state index contributed by atoms with van der Waals surface area (Å²) in [6.07, 6.45) is 1.18. The van der Waals surface area contributed by atoms with Crippen LogP contribution in [0.25, 0.3) is 10.9 Å². The first-order valence-corrected chi connectivity index (χ1v) is 10.0. The molecule has 0 aliphatic carbocycles. The van der Waals surface area contributed by atoms with E-state index in [-0.39, 0.29) is 33.7 Å². The van der Waals surface area contributed by atoms with Crippen LogP contribution in [0.4, 0.5) is 0 Å². The Morgan fingerprint density at radius 3 is 2.50 bits per heavy atom. The predicted molar refractivity (Wildman–Crippen MR) is 99.1 cm³/mol. The van der Waals surface area contributed by atoms with Gasteiger partial charge in [0.1, 0.15) is 11.3 Å². The van der Waals surface area contributed by atoms with Gasteiger partial charge in [0.2, 0.25) is 0 Å². The minimum absolute atomic E-state index is 0.0204. The summed E-state index contributed by atoms with van der Waals surface area (Å²) in [6.45, 7) is 0.247. The third-order valence-corrected chi connectivity index (χ3v) is 5.31. The molecule has 0 aliphatic rings. The minimum Gasteiger partial charge on any atom is -0.506 e. The molecule has 134 valence electrons. The number of carbonyl (C=O) groups is 1. The largest absolute Gasteiger partial charge is 0.506 e. The van der Waals surface area contributed by atoms with Crippen LogP contribution >= 0.6 is 22.3 Å². The number of aromatic nitrogens is 1. The van der Waals surface area contributed by atoms with Crippen molar-refractivity contribution in [2.24, 2.45) is 0 Å². The van der Waals surface area contributed by atoms with E-state index >= 15 is 0 Å². The maximum atomic E-state index is 12.3. The second-order valence-corrected chi connectivity index (χ2v) is 8.45. The Morgan fingerprint density at radius 2 is 1.85 bits per heavy atom. The molecular formula is C17H12Cl2N2O4S. The first-order chi connectivity index (χ1) is 12.3. The van der Waals surface area contributed by atoms with Crippen molar-refractivity contribution in [3.8, 4) is 5.75 Å². The van der Waals surface area contributed by atoms with E-state index in [4.69, 9.17) is 22.3 Å². The lowest BCUT2D eigenvalue weighted by atomic mass is 10.1. The van der Waals surface area contributed by atoms with Gasteiger partial charge < -0.3 is 10.4 Å². The molecule has 1 amide bonds. The standard InChI is InChI=1S/C17H12Cl2N2O4S/c18-11-3-1-10(2-4-11)8-21-17(23)14-9-20-15-7-12(26(19,24)25)5-6-13(15)16(14)22/h1-7,9H,8H2,(H,20,22)(H,21,23). The van der Waals surface area contributed by atoms with Gasteiger partial charge in [-0.15, -0.1) is 0 Å². The zero-order valence-corrected chi connectivity index (χ0v) is 15.4. The van der Waals surface area contributed by atoms with Crippen molar-refractivity contribution in [1.82, 2.24) is 10.3 Å². The predicted octanol–water partition coefficient (Wildman–Crippen LogP) is 3.45. The van der Waals surface area contributed by atoms with Crippen LogP contribution in [0.2, 0.25) is 5.02 Å². The summed E-state index contributed by atoms with van der Waals surface area (Å²) in [4.78, 5) is 16.2. The molecule has 0 fully saturated rings. The number of nitrogens with zero attached hydrogens (tertiary/aromatic N) is 1. The quantitative estimate of drug-likeness (QED) is 0.641. The number of hydrogen-bond donors (Lipinski definition) is 2. The Hall–Kier alpha value is -2.35. The molecule has 2 N–H and O–H groups in total. The number of rotatable bonds is 4. The number of hydrogen-bond acceptors (Lipinski definition) is 5. The van der Waals surface area contributed by atoms with Gasteiger partial charge in [-0.2, -0.15) is 0 Å². The fourth-order valence-corrected chi connectivity index (χ4v) is 3.25. The average Bonchev–Trinajstić information content (AvgIpc) is 2.60. The minimum atomic E-state index is -3.91. The number of pyridine rings is 1. The van der Waals surface area contributed by atoms with Gasteiger partial charge in [0.05, 0.1) is 10.4 Å². The van der Waals surface area contributed by atoms with Gasteiger partial charge in [-0.1, -0.05) is 23.7 Å². The van der Waals surface area contributed by atoms with Crippen molar-refractivity contribution in [3.63, 3.8) is 0 Å². The molecule has 0 radical (unpaired) electrons. The van der Waals surface area contributed by atoms with Crippen LogP contribution in [0.5, 0.6) is 5.75 Å². The van der Waals surface area contributed by atoms with Gasteiger partial charge in [-0.05, 0) is 35.9 Å². The highest BCUT2D eigenvalue weighted by molar-refractivity contribution is 8.13. The Kier molecular flexibility index (Phi) is 5.04. The van der Waals surface area contributed by atoms with E-state index < -0.39 is 15.0 Å². The molecule has 0 spiro atoms. The highest BCUT2D eigenvalue weighted by Gasteiger charge is 2.17. The molecule has 1 aromatic heterocycles. The molecule has 26 heavy (non-hydrogen) atoms. The summed E-state index contributed by atoms with van der Waals surface area (Å²) in [6, 6.07) is 10.8. The molecule has 2 aromatic carbocycles. The van der Waals surface area contributed by atoms with Crippen molar-refractivity contribution in [2.45, 2.75) is 11.4 Å². The molecule has 1 heterocycles. The Bertz CT molecular complexity index is 1100. The highest BCUT2D eigenvalue weighted by Crippen LogP contribution is 2.29. The number of aromatic hydroxyl groups is 1. The molecule has 3 rings (SSSR count). The van der Waals surface area contributed by atoms with Gasteiger partial charge in [0.15, 0.2) is 0 Å². The number of amides is 1. The summed E-state index contributed by atoms with van der Waals surface area (Å²) < 4.78 is 22.8. The highest BCUT2D eigenvalue weighted by atomic mass is 35.7. The maximum Gasteiger partial charge on any atom is 0.261 e. The molecule has 0 saturated heterocycles. The molecule has 0 aliphatic heterocycles. The van der Waals surface area contributed by atoms with Crippen LogP contribution in [-0.2, 0) is 15.6 Å². The maximum absolute atomic E-state index is 12.3. The lowest BCUT2D eigenvalue weighted by Crippen LogP contribution is -2.23. The normalized spacial score (nSPS) is 11.5. The van der Waals surface area contributed by atoms with Gasteiger partial charge in [0.25, 0.3) is 15.0 Å². The van der Waals surface area contributed by atoms with E-state index in [1.165, 1.54) is 24.4 Å². The van der Waals surface area contributed by atoms with Gasteiger partial charge in [0, 0.05) is 33.8 Å². The van der Waals surface area contributed by atoms with Crippen LogP contribution in [0.1, 0.15) is 15.9 Å².